The first-order valence-corrected chi connectivity index (χ1v) is 5.00. The van der Waals surface area contributed by atoms with Crippen molar-refractivity contribution in [1.29, 1.82) is 0 Å². The largest absolute Gasteiger partial charge is 0.395 e. The van der Waals surface area contributed by atoms with E-state index >= 15 is 0 Å². The third-order valence-electron chi connectivity index (χ3n) is 2.00. The Morgan fingerprint density at radius 1 is 1.00 bits per heavy atom. The van der Waals surface area contributed by atoms with Crippen molar-refractivity contribution in [3.05, 3.63) is 0 Å². The van der Waals surface area contributed by atoms with Crippen LogP contribution in [0.5, 0.6) is 0 Å². The first-order valence-electron chi connectivity index (χ1n) is 5.00. The normalized spacial score (nSPS) is 11.1. The molecule has 0 heterocycles. The average Bonchev–Trinajstić information content (AvgIpc) is 2.17. The van der Waals surface area contributed by atoms with Gasteiger partial charge in [-0.25, -0.2) is 0 Å². The van der Waals surface area contributed by atoms with Gasteiger partial charge in [-0.3, -0.25) is 0 Å². The first-order chi connectivity index (χ1) is 6.35. The standard InChI is InChI=1S/C9H22N2O2/c10-5-3-1-2-4-6-11-9(7-12)8-13/h9,11-13H,1-8,10H2. The maximum Gasteiger partial charge on any atom is 0.0607 e. The van der Waals surface area contributed by atoms with E-state index in [-0.39, 0.29) is 19.3 Å². The minimum atomic E-state index is -0.158. The summed E-state index contributed by atoms with van der Waals surface area (Å²) in [6.07, 6.45) is 4.49. The molecule has 4 nitrogen and oxygen atoms in total. The van der Waals surface area contributed by atoms with Crippen molar-refractivity contribution in [3.8, 4) is 0 Å². The van der Waals surface area contributed by atoms with Crippen molar-refractivity contribution in [2.45, 2.75) is 31.7 Å². The molecule has 0 aromatic heterocycles. The van der Waals surface area contributed by atoms with Crippen LogP contribution in [0.4, 0.5) is 0 Å². The number of rotatable bonds is 9. The van der Waals surface area contributed by atoms with Crippen LogP contribution in [0.15, 0.2) is 0 Å². The molecule has 0 aromatic carbocycles. The van der Waals surface area contributed by atoms with E-state index in [0.29, 0.717) is 0 Å². The summed E-state index contributed by atoms with van der Waals surface area (Å²) >= 11 is 0. The van der Waals surface area contributed by atoms with Crippen LogP contribution in [0.2, 0.25) is 0 Å². The first kappa shape index (κ1) is 12.8. The number of nitrogens with two attached hydrogens (primary N) is 1. The number of nitrogens with one attached hydrogen (secondary N) is 1. The highest BCUT2D eigenvalue weighted by molar-refractivity contribution is 4.62. The van der Waals surface area contributed by atoms with Gasteiger partial charge in [0.05, 0.1) is 19.3 Å². The van der Waals surface area contributed by atoms with Gasteiger partial charge < -0.3 is 21.3 Å². The molecule has 13 heavy (non-hydrogen) atoms. The Bertz CT molecular complexity index is 97.6. The lowest BCUT2D eigenvalue weighted by Crippen LogP contribution is -2.36. The van der Waals surface area contributed by atoms with Crippen LogP contribution in [0, 0.1) is 0 Å². The molecule has 0 atom stereocenters. The number of aliphatic hydroxyl groups is 2. The molecule has 0 unspecified atom stereocenters. The molecule has 0 radical (unpaired) electrons. The Morgan fingerprint density at radius 3 is 2.15 bits per heavy atom. The zero-order chi connectivity index (χ0) is 9.94. The van der Waals surface area contributed by atoms with Gasteiger partial charge in [0.25, 0.3) is 0 Å². The Kier molecular flexibility index (Phi) is 9.80. The van der Waals surface area contributed by atoms with Crippen LogP contribution < -0.4 is 11.1 Å². The summed E-state index contributed by atoms with van der Waals surface area (Å²) < 4.78 is 0. The predicted molar refractivity (Wildman–Crippen MR) is 53.5 cm³/mol. The SMILES string of the molecule is NCCCCCCNC(CO)CO. The summed E-state index contributed by atoms with van der Waals surface area (Å²) in [6, 6.07) is -0.158. The molecule has 0 saturated heterocycles. The molecule has 0 spiro atoms. The van der Waals surface area contributed by atoms with Gasteiger partial charge in [-0.05, 0) is 25.9 Å². The van der Waals surface area contributed by atoms with Crippen LogP contribution in [-0.4, -0.2) is 42.6 Å². The number of hydrogen-bond donors (Lipinski definition) is 4. The number of aliphatic hydroxyl groups excluding tert-OH is 2. The fourth-order valence-corrected chi connectivity index (χ4v) is 1.12. The van der Waals surface area contributed by atoms with Gasteiger partial charge in [0.15, 0.2) is 0 Å². The molecule has 0 aliphatic rings. The summed E-state index contributed by atoms with van der Waals surface area (Å²) in [7, 11) is 0. The molecule has 0 saturated carbocycles. The number of unbranched alkanes of at least 4 members (excludes halogenated alkanes) is 3. The van der Waals surface area contributed by atoms with Crippen LogP contribution in [-0.2, 0) is 0 Å². The van der Waals surface area contributed by atoms with Gasteiger partial charge in [0.1, 0.15) is 0 Å². The van der Waals surface area contributed by atoms with Gasteiger partial charge in [0, 0.05) is 0 Å². The summed E-state index contributed by atoms with van der Waals surface area (Å²) in [6.45, 7) is 1.62. The van der Waals surface area contributed by atoms with E-state index in [4.69, 9.17) is 15.9 Å². The van der Waals surface area contributed by atoms with Crippen LogP contribution in [0.25, 0.3) is 0 Å². The minimum Gasteiger partial charge on any atom is -0.395 e. The molecule has 0 aliphatic carbocycles. The second-order valence-corrected chi connectivity index (χ2v) is 3.22. The van der Waals surface area contributed by atoms with Gasteiger partial charge in [0.2, 0.25) is 0 Å². The topological polar surface area (TPSA) is 78.5 Å². The number of hydrogen-bond acceptors (Lipinski definition) is 4. The van der Waals surface area contributed by atoms with E-state index < -0.39 is 0 Å². The monoisotopic (exact) mass is 190 g/mol. The smallest absolute Gasteiger partial charge is 0.0607 e. The fourth-order valence-electron chi connectivity index (χ4n) is 1.12. The van der Waals surface area contributed by atoms with Gasteiger partial charge in [-0.1, -0.05) is 12.8 Å². The molecule has 0 bridgehead atoms. The Labute approximate surface area is 80.1 Å². The van der Waals surface area contributed by atoms with E-state index in [2.05, 4.69) is 5.32 Å². The molecule has 0 aliphatic heterocycles. The van der Waals surface area contributed by atoms with E-state index in [1.54, 1.807) is 0 Å². The molecule has 5 N–H and O–H groups in total. The van der Waals surface area contributed by atoms with Gasteiger partial charge >= 0.3 is 0 Å². The maximum atomic E-state index is 8.73. The van der Waals surface area contributed by atoms with E-state index in [1.165, 1.54) is 6.42 Å². The quantitative estimate of drug-likeness (QED) is 0.368. The minimum absolute atomic E-state index is 0.000694. The summed E-state index contributed by atoms with van der Waals surface area (Å²) in [5, 5.41) is 20.5. The zero-order valence-electron chi connectivity index (χ0n) is 8.21. The molecule has 0 rings (SSSR count). The zero-order valence-corrected chi connectivity index (χ0v) is 8.21. The molecule has 0 fully saturated rings. The molecule has 0 aromatic rings. The second-order valence-electron chi connectivity index (χ2n) is 3.22. The van der Waals surface area contributed by atoms with Crippen molar-refractivity contribution >= 4 is 0 Å². The maximum absolute atomic E-state index is 8.73. The van der Waals surface area contributed by atoms with Crippen molar-refractivity contribution in [1.82, 2.24) is 5.32 Å². The lowest BCUT2D eigenvalue weighted by Gasteiger charge is -2.12. The summed E-state index contributed by atoms with van der Waals surface area (Å²) in [5.41, 5.74) is 5.35. The molecular formula is C9H22N2O2. The van der Waals surface area contributed by atoms with Gasteiger partial charge in [-0.2, -0.15) is 0 Å². The molecular weight excluding hydrogens is 168 g/mol. The summed E-state index contributed by atoms with van der Waals surface area (Å²) in [4.78, 5) is 0. The summed E-state index contributed by atoms with van der Waals surface area (Å²) in [5.74, 6) is 0. The molecule has 0 amide bonds. The Morgan fingerprint density at radius 2 is 1.62 bits per heavy atom. The van der Waals surface area contributed by atoms with Crippen LogP contribution in [0.1, 0.15) is 25.7 Å². The second kappa shape index (κ2) is 9.92. The average molecular weight is 190 g/mol. The molecule has 80 valence electrons. The fraction of sp³-hybridized carbons (Fsp3) is 1.00. The van der Waals surface area contributed by atoms with E-state index in [0.717, 1.165) is 32.4 Å². The highest BCUT2D eigenvalue weighted by Gasteiger charge is 2.02. The Balaban J connectivity index is 3.05. The Hall–Kier alpha value is -0.160. The third-order valence-corrected chi connectivity index (χ3v) is 2.00. The highest BCUT2D eigenvalue weighted by atomic mass is 16.3. The van der Waals surface area contributed by atoms with Crippen molar-refractivity contribution in [3.63, 3.8) is 0 Å². The van der Waals surface area contributed by atoms with Crippen LogP contribution >= 0.6 is 0 Å². The van der Waals surface area contributed by atoms with Crippen molar-refractivity contribution < 1.29 is 10.2 Å². The van der Waals surface area contributed by atoms with Gasteiger partial charge in [-0.15, -0.1) is 0 Å². The van der Waals surface area contributed by atoms with Crippen molar-refractivity contribution in [2.75, 3.05) is 26.3 Å². The van der Waals surface area contributed by atoms with Crippen molar-refractivity contribution in [2.24, 2.45) is 5.73 Å². The third kappa shape index (κ3) is 8.18. The van der Waals surface area contributed by atoms with E-state index in [9.17, 15) is 0 Å². The predicted octanol–water partition coefficient (Wildman–Crippen LogP) is -0.552. The molecule has 4 heteroatoms. The lowest BCUT2D eigenvalue weighted by molar-refractivity contribution is 0.171. The van der Waals surface area contributed by atoms with E-state index in [1.807, 2.05) is 0 Å². The highest BCUT2D eigenvalue weighted by Crippen LogP contribution is 1.97. The lowest BCUT2D eigenvalue weighted by atomic mass is 10.2. The van der Waals surface area contributed by atoms with Crippen LogP contribution in [0.3, 0.4) is 0 Å².